The van der Waals surface area contributed by atoms with E-state index in [1.807, 2.05) is 12.1 Å². The van der Waals surface area contributed by atoms with E-state index in [9.17, 15) is 13.2 Å². The van der Waals surface area contributed by atoms with Crippen molar-refractivity contribution in [2.45, 2.75) is 4.90 Å². The number of nitrogens with zero attached hydrogens (tertiary/aromatic N) is 3. The van der Waals surface area contributed by atoms with Crippen LogP contribution in [0.3, 0.4) is 0 Å². The van der Waals surface area contributed by atoms with Crippen LogP contribution in [0.5, 0.6) is 5.75 Å². The Morgan fingerprint density at radius 2 is 1.93 bits per heavy atom. The van der Waals surface area contributed by atoms with Crippen LogP contribution < -0.4 is 10.1 Å². The van der Waals surface area contributed by atoms with Gasteiger partial charge in [0.1, 0.15) is 10.6 Å². The van der Waals surface area contributed by atoms with Gasteiger partial charge in [0.25, 0.3) is 5.91 Å². The average Bonchev–Trinajstić information content (AvgIpc) is 3.13. The molecule has 0 saturated heterocycles. The molecule has 8 nitrogen and oxygen atoms in total. The van der Waals surface area contributed by atoms with Gasteiger partial charge in [0, 0.05) is 25.9 Å². The molecule has 10 heteroatoms. The van der Waals surface area contributed by atoms with Gasteiger partial charge in [-0.05, 0) is 46.3 Å². The third-order valence-electron chi connectivity index (χ3n) is 4.13. The van der Waals surface area contributed by atoms with Crippen molar-refractivity contribution >= 4 is 37.5 Å². The molecule has 0 saturated carbocycles. The number of carbonyl (C=O) groups is 1. The SMILES string of the molecule is COc1ccc(C(=O)Nc2ccccc2-n2cc(Br)cn2)cc1S(=O)(=O)N(C)C. The van der Waals surface area contributed by atoms with E-state index >= 15 is 0 Å². The first-order valence-corrected chi connectivity index (χ1v) is 10.7. The molecule has 0 aliphatic heterocycles. The molecule has 3 rings (SSSR count). The summed E-state index contributed by atoms with van der Waals surface area (Å²) in [6.45, 7) is 0. The quantitative estimate of drug-likeness (QED) is 0.587. The Bertz CT molecular complexity index is 1160. The maximum absolute atomic E-state index is 12.9. The summed E-state index contributed by atoms with van der Waals surface area (Å²) in [5.41, 5.74) is 1.38. The lowest BCUT2D eigenvalue weighted by atomic mass is 10.2. The number of ether oxygens (including phenoxy) is 1. The number of nitrogens with one attached hydrogen (secondary N) is 1. The van der Waals surface area contributed by atoms with Gasteiger partial charge in [0.15, 0.2) is 0 Å². The first kappa shape index (κ1) is 21.0. The summed E-state index contributed by atoms with van der Waals surface area (Å²) in [5, 5.41) is 7.05. The zero-order chi connectivity index (χ0) is 21.2. The second-order valence-electron chi connectivity index (χ2n) is 6.23. The van der Waals surface area contributed by atoms with E-state index in [0.29, 0.717) is 11.4 Å². The molecule has 152 valence electrons. The third-order valence-corrected chi connectivity index (χ3v) is 6.38. The first-order chi connectivity index (χ1) is 13.7. The number of amides is 1. The number of para-hydroxylation sites is 2. The van der Waals surface area contributed by atoms with Crippen molar-refractivity contribution in [2.24, 2.45) is 0 Å². The summed E-state index contributed by atoms with van der Waals surface area (Å²) < 4.78 is 33.8. The van der Waals surface area contributed by atoms with Gasteiger partial charge < -0.3 is 10.1 Å². The Morgan fingerprint density at radius 1 is 1.21 bits per heavy atom. The van der Waals surface area contributed by atoms with Crippen molar-refractivity contribution in [1.82, 2.24) is 14.1 Å². The van der Waals surface area contributed by atoms with Gasteiger partial charge in [0.05, 0.1) is 29.2 Å². The molecule has 0 fully saturated rings. The highest BCUT2D eigenvalue weighted by molar-refractivity contribution is 9.10. The minimum absolute atomic E-state index is 0.0815. The summed E-state index contributed by atoms with van der Waals surface area (Å²) in [4.78, 5) is 12.8. The molecule has 1 aromatic heterocycles. The van der Waals surface area contributed by atoms with Crippen molar-refractivity contribution in [3.8, 4) is 11.4 Å². The summed E-state index contributed by atoms with van der Waals surface area (Å²) in [5.74, 6) is -0.293. The van der Waals surface area contributed by atoms with Crippen LogP contribution in [0.1, 0.15) is 10.4 Å². The molecule has 0 bridgehead atoms. The molecule has 2 aromatic carbocycles. The van der Waals surface area contributed by atoms with E-state index in [-0.39, 0.29) is 16.2 Å². The molecule has 0 aliphatic rings. The van der Waals surface area contributed by atoms with Crippen LogP contribution in [0.2, 0.25) is 0 Å². The van der Waals surface area contributed by atoms with Crippen molar-refractivity contribution in [2.75, 3.05) is 26.5 Å². The van der Waals surface area contributed by atoms with E-state index in [4.69, 9.17) is 4.74 Å². The van der Waals surface area contributed by atoms with E-state index in [2.05, 4.69) is 26.3 Å². The standard InChI is InChI=1S/C19H19BrN4O4S/c1-23(2)29(26,27)18-10-13(8-9-17(18)28-3)19(25)22-15-6-4-5-7-16(15)24-12-14(20)11-21-24/h4-12H,1-3H3,(H,22,25). The molecule has 1 amide bonds. The number of methoxy groups -OCH3 is 1. The molecule has 1 N–H and O–H groups in total. The van der Waals surface area contributed by atoms with Gasteiger partial charge in [-0.2, -0.15) is 5.10 Å². The molecular weight excluding hydrogens is 460 g/mol. The number of rotatable bonds is 6. The van der Waals surface area contributed by atoms with Crippen LogP contribution in [0, 0.1) is 0 Å². The van der Waals surface area contributed by atoms with E-state index in [1.54, 1.807) is 29.2 Å². The van der Waals surface area contributed by atoms with Crippen molar-refractivity contribution in [3.63, 3.8) is 0 Å². The summed E-state index contributed by atoms with van der Waals surface area (Å²) >= 11 is 3.35. The monoisotopic (exact) mass is 478 g/mol. The maximum Gasteiger partial charge on any atom is 0.255 e. The molecule has 0 aliphatic carbocycles. The van der Waals surface area contributed by atoms with Gasteiger partial charge in [-0.1, -0.05) is 12.1 Å². The lowest BCUT2D eigenvalue weighted by Gasteiger charge is -2.16. The number of carbonyl (C=O) groups excluding carboxylic acids is 1. The molecule has 3 aromatic rings. The average molecular weight is 479 g/mol. The zero-order valence-electron chi connectivity index (χ0n) is 16.0. The highest BCUT2D eigenvalue weighted by Crippen LogP contribution is 2.28. The Kier molecular flexibility index (Phi) is 6.06. The topological polar surface area (TPSA) is 93.5 Å². The highest BCUT2D eigenvalue weighted by atomic mass is 79.9. The van der Waals surface area contributed by atoms with Crippen LogP contribution in [0.15, 0.2) is 64.2 Å². The minimum Gasteiger partial charge on any atom is -0.495 e. The van der Waals surface area contributed by atoms with Gasteiger partial charge >= 0.3 is 0 Å². The van der Waals surface area contributed by atoms with Crippen molar-refractivity contribution in [3.05, 3.63) is 64.9 Å². The van der Waals surface area contributed by atoms with Crippen LogP contribution in [-0.2, 0) is 10.0 Å². The Hall–Kier alpha value is -2.69. The zero-order valence-corrected chi connectivity index (χ0v) is 18.4. The smallest absolute Gasteiger partial charge is 0.255 e. The molecule has 1 heterocycles. The fourth-order valence-corrected chi connectivity index (χ4v) is 3.98. The predicted molar refractivity (Wildman–Crippen MR) is 113 cm³/mol. The van der Waals surface area contributed by atoms with Crippen molar-refractivity contribution in [1.29, 1.82) is 0 Å². The number of hydrogen-bond acceptors (Lipinski definition) is 5. The Balaban J connectivity index is 1.97. The van der Waals surface area contributed by atoms with Crippen LogP contribution in [-0.4, -0.2) is 49.6 Å². The van der Waals surface area contributed by atoms with E-state index < -0.39 is 15.9 Å². The first-order valence-electron chi connectivity index (χ1n) is 8.45. The molecular formula is C19H19BrN4O4S. The van der Waals surface area contributed by atoms with Crippen LogP contribution >= 0.6 is 15.9 Å². The number of halogens is 1. The molecule has 0 spiro atoms. The number of benzene rings is 2. The fraction of sp³-hybridized carbons (Fsp3) is 0.158. The second-order valence-corrected chi connectivity index (χ2v) is 9.26. The number of hydrogen-bond donors (Lipinski definition) is 1. The summed E-state index contributed by atoms with van der Waals surface area (Å²) in [6.07, 6.45) is 3.40. The summed E-state index contributed by atoms with van der Waals surface area (Å²) in [6, 6.07) is 11.4. The third kappa shape index (κ3) is 4.34. The van der Waals surface area contributed by atoms with Gasteiger partial charge in [-0.25, -0.2) is 17.4 Å². The minimum atomic E-state index is -3.79. The maximum atomic E-state index is 12.9. The largest absolute Gasteiger partial charge is 0.495 e. The molecule has 0 unspecified atom stereocenters. The number of aromatic nitrogens is 2. The predicted octanol–water partition coefficient (Wildman–Crippen LogP) is 3.15. The molecule has 29 heavy (non-hydrogen) atoms. The van der Waals surface area contributed by atoms with E-state index in [1.165, 1.54) is 39.4 Å². The fourth-order valence-electron chi connectivity index (χ4n) is 2.62. The molecule has 0 atom stereocenters. The van der Waals surface area contributed by atoms with Crippen LogP contribution in [0.25, 0.3) is 5.69 Å². The Morgan fingerprint density at radius 3 is 2.55 bits per heavy atom. The lowest BCUT2D eigenvalue weighted by molar-refractivity contribution is 0.102. The lowest BCUT2D eigenvalue weighted by Crippen LogP contribution is -2.23. The molecule has 0 radical (unpaired) electrons. The van der Waals surface area contributed by atoms with Gasteiger partial charge in [0.2, 0.25) is 10.0 Å². The Labute approximate surface area is 177 Å². The van der Waals surface area contributed by atoms with Gasteiger partial charge in [-0.3, -0.25) is 4.79 Å². The normalized spacial score (nSPS) is 11.5. The van der Waals surface area contributed by atoms with Crippen LogP contribution in [0.4, 0.5) is 5.69 Å². The van der Waals surface area contributed by atoms with Gasteiger partial charge in [-0.15, -0.1) is 0 Å². The second kappa shape index (κ2) is 8.36. The number of anilines is 1. The van der Waals surface area contributed by atoms with Crippen molar-refractivity contribution < 1.29 is 17.9 Å². The van der Waals surface area contributed by atoms with E-state index in [0.717, 1.165) is 8.78 Å². The summed E-state index contributed by atoms with van der Waals surface area (Å²) in [7, 11) is 0.423. The highest BCUT2D eigenvalue weighted by Gasteiger charge is 2.24. The number of sulfonamides is 1.